The van der Waals surface area contributed by atoms with Crippen LogP contribution in [0.5, 0.6) is 11.5 Å². The van der Waals surface area contributed by atoms with Gasteiger partial charge in [0.1, 0.15) is 11.4 Å². The Kier molecular flexibility index (Phi) is 4.91. The second kappa shape index (κ2) is 7.99. The number of carbonyl (C=O) groups is 1. The number of hydrogen-bond donors (Lipinski definition) is 1. The lowest BCUT2D eigenvalue weighted by atomic mass is 10.1. The maximum Gasteiger partial charge on any atom is 0.262 e. The van der Waals surface area contributed by atoms with Gasteiger partial charge in [0.05, 0.1) is 11.7 Å². The third-order valence-corrected chi connectivity index (χ3v) is 7.70. The molecular weight excluding hydrogens is 450 g/mol. The lowest BCUT2D eigenvalue weighted by molar-refractivity contribution is -0.116. The van der Waals surface area contributed by atoms with Crippen LogP contribution < -0.4 is 20.3 Å². The summed E-state index contributed by atoms with van der Waals surface area (Å²) in [5.41, 5.74) is 2.32. The molecule has 2 aromatic carbocycles. The average Bonchev–Trinajstić information content (AvgIpc) is 3.53. The van der Waals surface area contributed by atoms with E-state index < -0.39 is 5.79 Å². The number of amides is 1. The molecule has 34 heavy (non-hydrogen) atoms. The standard InChI is InChI=1S/C26H23N3O4S/c1-16-22-24(34-23(16)17-7-3-2-4-8-17)27-15-29(25(22)31)14-21(30)28-18-9-10-19-20(13-18)33-26(32-19)11-5-6-12-26/h2-4,7-10,13,15H,5-6,11-12,14H2,1H3,(H,28,30). The van der Waals surface area contributed by atoms with Crippen molar-refractivity contribution in [2.75, 3.05) is 5.32 Å². The molecule has 7 nitrogen and oxygen atoms in total. The van der Waals surface area contributed by atoms with Crippen LogP contribution in [-0.4, -0.2) is 21.2 Å². The lowest BCUT2D eigenvalue weighted by Crippen LogP contribution is -2.34. The van der Waals surface area contributed by atoms with E-state index in [0.717, 1.165) is 41.7 Å². The summed E-state index contributed by atoms with van der Waals surface area (Å²) in [4.78, 5) is 32.1. The summed E-state index contributed by atoms with van der Waals surface area (Å²) >= 11 is 1.49. The quantitative estimate of drug-likeness (QED) is 0.445. The fourth-order valence-corrected chi connectivity index (χ4v) is 5.93. The molecule has 1 spiro atoms. The third kappa shape index (κ3) is 3.54. The van der Waals surface area contributed by atoms with E-state index in [9.17, 15) is 9.59 Å². The number of ether oxygens (including phenoxy) is 2. The Morgan fingerprint density at radius 1 is 1.12 bits per heavy atom. The van der Waals surface area contributed by atoms with Crippen molar-refractivity contribution in [3.05, 3.63) is 70.8 Å². The van der Waals surface area contributed by atoms with Crippen LogP contribution in [0.2, 0.25) is 0 Å². The highest BCUT2D eigenvalue weighted by atomic mass is 32.1. The third-order valence-electron chi connectivity index (χ3n) is 6.45. The summed E-state index contributed by atoms with van der Waals surface area (Å²) in [5, 5.41) is 3.42. The first-order valence-electron chi connectivity index (χ1n) is 11.4. The molecular formula is C26H23N3O4S. The smallest absolute Gasteiger partial charge is 0.262 e. The van der Waals surface area contributed by atoms with Gasteiger partial charge < -0.3 is 14.8 Å². The highest BCUT2D eigenvalue weighted by Crippen LogP contribution is 2.47. The van der Waals surface area contributed by atoms with Crippen molar-refractivity contribution in [1.29, 1.82) is 0 Å². The van der Waals surface area contributed by atoms with E-state index in [1.807, 2.05) is 43.3 Å². The van der Waals surface area contributed by atoms with E-state index in [4.69, 9.17) is 9.47 Å². The van der Waals surface area contributed by atoms with Crippen LogP contribution in [0.15, 0.2) is 59.7 Å². The number of fused-ring (bicyclic) bond motifs is 2. The largest absolute Gasteiger partial charge is 0.448 e. The van der Waals surface area contributed by atoms with Crippen LogP contribution >= 0.6 is 11.3 Å². The summed E-state index contributed by atoms with van der Waals surface area (Å²) in [6.07, 6.45) is 5.35. The number of anilines is 1. The number of carbonyl (C=O) groups excluding carboxylic acids is 1. The summed E-state index contributed by atoms with van der Waals surface area (Å²) in [6, 6.07) is 15.3. The molecule has 6 rings (SSSR count). The van der Waals surface area contributed by atoms with Gasteiger partial charge in [-0.3, -0.25) is 14.2 Å². The minimum atomic E-state index is -0.545. The zero-order valence-corrected chi connectivity index (χ0v) is 19.5. The number of nitrogens with one attached hydrogen (secondary N) is 1. The van der Waals surface area contributed by atoms with Gasteiger partial charge >= 0.3 is 0 Å². The molecule has 1 saturated carbocycles. The Morgan fingerprint density at radius 2 is 1.88 bits per heavy atom. The highest BCUT2D eigenvalue weighted by Gasteiger charge is 2.44. The normalized spacial score (nSPS) is 15.8. The first kappa shape index (κ1) is 20.9. The molecule has 8 heteroatoms. The number of aromatic nitrogens is 2. The number of hydrogen-bond acceptors (Lipinski definition) is 6. The minimum absolute atomic E-state index is 0.129. The summed E-state index contributed by atoms with van der Waals surface area (Å²) in [5.74, 6) is 0.486. The van der Waals surface area contributed by atoms with Crippen LogP contribution in [0.4, 0.5) is 5.69 Å². The van der Waals surface area contributed by atoms with Crippen molar-refractivity contribution >= 4 is 33.1 Å². The average molecular weight is 474 g/mol. The maximum absolute atomic E-state index is 13.2. The molecule has 1 aliphatic heterocycles. The Bertz CT molecular complexity index is 1470. The molecule has 2 aromatic heterocycles. The molecule has 1 amide bonds. The van der Waals surface area contributed by atoms with Gasteiger partial charge in [0.15, 0.2) is 11.5 Å². The number of aryl methyl sites for hydroxylation is 1. The zero-order chi connectivity index (χ0) is 23.3. The molecule has 4 aromatic rings. The Labute approximate surface area is 200 Å². The lowest BCUT2D eigenvalue weighted by Gasteiger charge is -2.21. The van der Waals surface area contributed by atoms with Crippen molar-refractivity contribution in [2.24, 2.45) is 0 Å². The van der Waals surface area contributed by atoms with Crippen molar-refractivity contribution in [1.82, 2.24) is 9.55 Å². The Hall–Kier alpha value is -3.65. The molecule has 2 aliphatic rings. The predicted molar refractivity (Wildman–Crippen MR) is 132 cm³/mol. The summed E-state index contributed by atoms with van der Waals surface area (Å²) < 4.78 is 13.5. The van der Waals surface area contributed by atoms with Crippen molar-refractivity contribution in [3.8, 4) is 21.9 Å². The SMILES string of the molecule is Cc1c(-c2ccccc2)sc2ncn(CC(=O)Nc3ccc4c(c3)OC3(CCCC3)O4)c(=O)c12. The second-order valence-electron chi connectivity index (χ2n) is 8.81. The Balaban J connectivity index is 1.22. The molecule has 3 heterocycles. The molecule has 0 unspecified atom stereocenters. The summed E-state index contributed by atoms with van der Waals surface area (Å²) in [7, 11) is 0. The van der Waals surface area contributed by atoms with Gasteiger partial charge in [-0.05, 0) is 43.0 Å². The van der Waals surface area contributed by atoms with Crippen molar-refractivity contribution < 1.29 is 14.3 Å². The number of nitrogens with zero attached hydrogens (tertiary/aromatic N) is 2. The molecule has 1 N–H and O–H groups in total. The van der Waals surface area contributed by atoms with Gasteiger partial charge in [0.2, 0.25) is 5.91 Å². The van der Waals surface area contributed by atoms with Gasteiger partial charge in [-0.2, -0.15) is 0 Å². The molecule has 0 saturated heterocycles. The van der Waals surface area contributed by atoms with Crippen LogP contribution in [0, 0.1) is 6.92 Å². The molecule has 0 radical (unpaired) electrons. The predicted octanol–water partition coefficient (Wildman–Crippen LogP) is 5.11. The highest BCUT2D eigenvalue weighted by molar-refractivity contribution is 7.22. The van der Waals surface area contributed by atoms with Gasteiger partial charge in [-0.15, -0.1) is 11.3 Å². The first-order chi connectivity index (χ1) is 16.5. The molecule has 172 valence electrons. The van der Waals surface area contributed by atoms with Gasteiger partial charge in [-0.25, -0.2) is 4.98 Å². The van der Waals surface area contributed by atoms with Crippen molar-refractivity contribution in [3.63, 3.8) is 0 Å². The van der Waals surface area contributed by atoms with E-state index in [1.165, 1.54) is 22.2 Å². The van der Waals surface area contributed by atoms with Crippen molar-refractivity contribution in [2.45, 2.75) is 44.9 Å². The number of thiophene rings is 1. The van der Waals surface area contributed by atoms with E-state index >= 15 is 0 Å². The van der Waals surface area contributed by atoms with Gasteiger partial charge in [0, 0.05) is 29.5 Å². The van der Waals surface area contributed by atoms with E-state index in [0.29, 0.717) is 27.4 Å². The molecule has 0 bridgehead atoms. The Morgan fingerprint density at radius 3 is 2.68 bits per heavy atom. The van der Waals surface area contributed by atoms with Crippen LogP contribution in [0.3, 0.4) is 0 Å². The van der Waals surface area contributed by atoms with E-state index in [2.05, 4.69) is 10.3 Å². The molecule has 0 atom stereocenters. The monoisotopic (exact) mass is 473 g/mol. The fraction of sp³-hybridized carbons (Fsp3) is 0.269. The minimum Gasteiger partial charge on any atom is -0.448 e. The molecule has 1 aliphatic carbocycles. The molecule has 1 fully saturated rings. The fourth-order valence-electron chi connectivity index (χ4n) is 4.78. The maximum atomic E-state index is 13.2. The van der Waals surface area contributed by atoms with Crippen LogP contribution in [0.25, 0.3) is 20.7 Å². The topological polar surface area (TPSA) is 82.5 Å². The number of rotatable bonds is 4. The van der Waals surface area contributed by atoms with Gasteiger partial charge in [0.25, 0.3) is 11.3 Å². The number of benzene rings is 2. The first-order valence-corrected chi connectivity index (χ1v) is 12.2. The van der Waals surface area contributed by atoms with E-state index in [-0.39, 0.29) is 18.0 Å². The summed E-state index contributed by atoms with van der Waals surface area (Å²) in [6.45, 7) is 1.80. The van der Waals surface area contributed by atoms with Gasteiger partial charge in [-0.1, -0.05) is 30.3 Å². The second-order valence-corrected chi connectivity index (χ2v) is 9.81. The zero-order valence-electron chi connectivity index (χ0n) is 18.7. The van der Waals surface area contributed by atoms with E-state index in [1.54, 1.807) is 12.1 Å². The van der Waals surface area contributed by atoms with Crippen LogP contribution in [-0.2, 0) is 11.3 Å². The van der Waals surface area contributed by atoms with Crippen LogP contribution in [0.1, 0.15) is 31.2 Å².